The van der Waals surface area contributed by atoms with Gasteiger partial charge in [-0.15, -0.1) is 10.2 Å². The molecule has 0 amide bonds. The monoisotopic (exact) mass is 278 g/mol. The van der Waals surface area contributed by atoms with Crippen molar-refractivity contribution in [2.45, 2.75) is 46.1 Å². The van der Waals surface area contributed by atoms with Crippen molar-refractivity contribution >= 4 is 11.6 Å². The summed E-state index contributed by atoms with van der Waals surface area (Å²) in [6, 6.07) is 6.03. The summed E-state index contributed by atoms with van der Waals surface area (Å²) in [5.41, 5.74) is 1.71. The van der Waals surface area contributed by atoms with Gasteiger partial charge in [0, 0.05) is 10.9 Å². The molecule has 0 aliphatic heterocycles. The molecule has 0 spiro atoms. The third kappa shape index (κ3) is 2.63. The average molecular weight is 279 g/mol. The van der Waals surface area contributed by atoms with Gasteiger partial charge in [-0.1, -0.05) is 37.6 Å². The number of hydrogen-bond acceptors (Lipinski definition) is 3. The summed E-state index contributed by atoms with van der Waals surface area (Å²) in [5, 5.41) is 13.4. The molecule has 0 radical (unpaired) electrons. The van der Waals surface area contributed by atoms with Crippen LogP contribution in [0, 0.1) is 6.92 Å². The van der Waals surface area contributed by atoms with Gasteiger partial charge in [0.05, 0.1) is 0 Å². The van der Waals surface area contributed by atoms with E-state index in [0.29, 0.717) is 0 Å². The number of hydrogen-bond donors (Lipinski definition) is 0. The first-order chi connectivity index (χ1) is 8.82. The number of halogens is 1. The van der Waals surface area contributed by atoms with E-state index >= 15 is 0 Å². The Labute approximate surface area is 118 Å². The second-order valence-electron chi connectivity index (χ2n) is 5.63. The lowest BCUT2D eigenvalue weighted by molar-refractivity contribution is 0.335. The van der Waals surface area contributed by atoms with Gasteiger partial charge in [-0.2, -0.15) is 4.80 Å². The largest absolute Gasteiger partial charge is 0.177 e. The fourth-order valence-electron chi connectivity index (χ4n) is 1.92. The van der Waals surface area contributed by atoms with E-state index in [1.165, 1.54) is 0 Å². The highest BCUT2D eigenvalue weighted by molar-refractivity contribution is 6.31. The highest BCUT2D eigenvalue weighted by Crippen LogP contribution is 2.31. The van der Waals surface area contributed by atoms with Gasteiger partial charge in [0.25, 0.3) is 0 Å². The average Bonchev–Trinajstić information content (AvgIpc) is 2.78. The van der Waals surface area contributed by atoms with E-state index < -0.39 is 5.54 Å². The zero-order valence-electron chi connectivity index (χ0n) is 12.0. The van der Waals surface area contributed by atoms with Crippen LogP contribution in [0.5, 0.6) is 0 Å². The summed E-state index contributed by atoms with van der Waals surface area (Å²) in [7, 11) is 0. The molecule has 5 heteroatoms. The smallest absolute Gasteiger partial charge is 0.154 e. The SMILES string of the molecule is Cc1ccc(C(C)(C)n2nnc(C(C)C)n2)c(Cl)c1. The van der Waals surface area contributed by atoms with Gasteiger partial charge >= 0.3 is 0 Å². The van der Waals surface area contributed by atoms with Crippen LogP contribution >= 0.6 is 11.6 Å². The Hall–Kier alpha value is -1.42. The summed E-state index contributed by atoms with van der Waals surface area (Å²) in [6.45, 7) is 10.2. The molecule has 0 atom stereocenters. The van der Waals surface area contributed by atoms with Crippen LogP contribution in [-0.2, 0) is 5.54 Å². The lowest BCUT2D eigenvalue weighted by Crippen LogP contribution is -2.30. The van der Waals surface area contributed by atoms with E-state index in [2.05, 4.69) is 15.4 Å². The van der Waals surface area contributed by atoms with Gasteiger partial charge in [-0.3, -0.25) is 0 Å². The molecular formula is C14H19ClN4. The Morgan fingerprint density at radius 1 is 1.26 bits per heavy atom. The highest BCUT2D eigenvalue weighted by atomic mass is 35.5. The van der Waals surface area contributed by atoms with Crippen molar-refractivity contribution in [3.05, 3.63) is 40.2 Å². The zero-order valence-corrected chi connectivity index (χ0v) is 12.7. The molecule has 0 fully saturated rings. The van der Waals surface area contributed by atoms with E-state index in [4.69, 9.17) is 11.6 Å². The third-order valence-electron chi connectivity index (χ3n) is 3.23. The van der Waals surface area contributed by atoms with Gasteiger partial charge < -0.3 is 0 Å². The molecule has 4 nitrogen and oxygen atoms in total. The minimum absolute atomic E-state index is 0.262. The number of tetrazole rings is 1. The molecule has 1 heterocycles. The van der Waals surface area contributed by atoms with Crippen LogP contribution in [0.4, 0.5) is 0 Å². The van der Waals surface area contributed by atoms with Gasteiger partial charge in [0.15, 0.2) is 5.82 Å². The predicted molar refractivity (Wildman–Crippen MR) is 76.5 cm³/mol. The van der Waals surface area contributed by atoms with Crippen LogP contribution in [0.3, 0.4) is 0 Å². The second-order valence-corrected chi connectivity index (χ2v) is 6.04. The van der Waals surface area contributed by atoms with Crippen LogP contribution in [0.2, 0.25) is 5.02 Å². The minimum atomic E-state index is -0.426. The Balaban J connectivity index is 2.45. The predicted octanol–water partition coefficient (Wildman–Crippen LogP) is 3.54. The zero-order chi connectivity index (χ0) is 14.2. The summed E-state index contributed by atoms with van der Waals surface area (Å²) in [4.78, 5) is 1.64. The van der Waals surface area contributed by atoms with Gasteiger partial charge in [-0.05, 0) is 43.2 Å². The molecule has 2 aromatic rings. The second kappa shape index (κ2) is 4.93. The van der Waals surface area contributed by atoms with Crippen molar-refractivity contribution < 1.29 is 0 Å². The van der Waals surface area contributed by atoms with Crippen molar-refractivity contribution in [1.82, 2.24) is 20.2 Å². The van der Waals surface area contributed by atoms with E-state index in [9.17, 15) is 0 Å². The lowest BCUT2D eigenvalue weighted by atomic mass is 9.94. The molecule has 2 rings (SSSR count). The van der Waals surface area contributed by atoms with Crippen molar-refractivity contribution in [2.24, 2.45) is 0 Å². The lowest BCUT2D eigenvalue weighted by Gasteiger charge is -2.24. The topological polar surface area (TPSA) is 43.6 Å². The molecule has 0 bridgehead atoms. The number of benzene rings is 1. The number of aromatic nitrogens is 4. The maximum atomic E-state index is 6.34. The first-order valence-electron chi connectivity index (χ1n) is 6.39. The first-order valence-corrected chi connectivity index (χ1v) is 6.77. The van der Waals surface area contributed by atoms with Crippen LogP contribution < -0.4 is 0 Å². The van der Waals surface area contributed by atoms with Crippen LogP contribution in [0.1, 0.15) is 50.6 Å². The third-order valence-corrected chi connectivity index (χ3v) is 3.54. The maximum absolute atomic E-state index is 6.34. The Morgan fingerprint density at radius 3 is 2.47 bits per heavy atom. The minimum Gasteiger partial charge on any atom is -0.154 e. The Bertz CT molecular complexity index is 587. The molecule has 0 aliphatic rings. The van der Waals surface area contributed by atoms with Crippen LogP contribution in [-0.4, -0.2) is 20.2 Å². The van der Waals surface area contributed by atoms with E-state index in [1.807, 2.05) is 52.8 Å². The van der Waals surface area contributed by atoms with Crippen molar-refractivity contribution in [1.29, 1.82) is 0 Å². The van der Waals surface area contributed by atoms with E-state index in [1.54, 1.807) is 4.80 Å². The fourth-order valence-corrected chi connectivity index (χ4v) is 2.38. The molecule has 1 aromatic heterocycles. The summed E-state index contributed by atoms with van der Waals surface area (Å²) in [5.74, 6) is 1.01. The van der Waals surface area contributed by atoms with Crippen molar-refractivity contribution in [3.8, 4) is 0 Å². The normalized spacial score (nSPS) is 12.2. The van der Waals surface area contributed by atoms with Crippen LogP contribution in [0.25, 0.3) is 0 Å². The fraction of sp³-hybridized carbons (Fsp3) is 0.500. The molecule has 0 unspecified atom stereocenters. The summed E-state index contributed by atoms with van der Waals surface area (Å²) in [6.07, 6.45) is 0. The highest BCUT2D eigenvalue weighted by Gasteiger charge is 2.28. The molecule has 1 aromatic carbocycles. The molecule has 102 valence electrons. The molecule has 19 heavy (non-hydrogen) atoms. The summed E-state index contributed by atoms with van der Waals surface area (Å²) < 4.78 is 0. The van der Waals surface area contributed by atoms with Gasteiger partial charge in [0.2, 0.25) is 0 Å². The number of aryl methyl sites for hydroxylation is 1. The summed E-state index contributed by atoms with van der Waals surface area (Å²) >= 11 is 6.34. The molecule has 0 aliphatic carbocycles. The van der Waals surface area contributed by atoms with Gasteiger partial charge in [-0.25, -0.2) is 0 Å². The van der Waals surface area contributed by atoms with Gasteiger partial charge in [0.1, 0.15) is 5.54 Å². The van der Waals surface area contributed by atoms with E-state index in [0.717, 1.165) is 22.0 Å². The van der Waals surface area contributed by atoms with Crippen molar-refractivity contribution in [3.63, 3.8) is 0 Å². The molecule has 0 saturated heterocycles. The molecule has 0 saturated carbocycles. The number of nitrogens with zero attached hydrogens (tertiary/aromatic N) is 4. The number of rotatable bonds is 3. The maximum Gasteiger partial charge on any atom is 0.177 e. The van der Waals surface area contributed by atoms with E-state index in [-0.39, 0.29) is 5.92 Å². The van der Waals surface area contributed by atoms with Crippen molar-refractivity contribution in [2.75, 3.05) is 0 Å². The Kier molecular flexibility index (Phi) is 3.63. The quantitative estimate of drug-likeness (QED) is 0.862. The first kappa shape index (κ1) is 14.0. The standard InChI is InChI=1S/C14H19ClN4/c1-9(2)13-16-18-19(17-13)14(4,5)11-7-6-10(3)8-12(11)15/h6-9H,1-5H3. The molecule has 0 N–H and O–H groups in total. The molecular weight excluding hydrogens is 260 g/mol. The van der Waals surface area contributed by atoms with Crippen LogP contribution in [0.15, 0.2) is 18.2 Å². The Morgan fingerprint density at radius 2 is 1.95 bits per heavy atom.